The molecule has 0 saturated carbocycles. The maximum absolute atomic E-state index is 10.4. The second-order valence-corrected chi connectivity index (χ2v) is 4.33. The molecular formula is C12H18NO+. The van der Waals surface area contributed by atoms with Gasteiger partial charge in [0.2, 0.25) is 0 Å². The van der Waals surface area contributed by atoms with Crippen LogP contribution in [0.25, 0.3) is 0 Å². The summed E-state index contributed by atoms with van der Waals surface area (Å²) in [5.74, 6) is 0. The van der Waals surface area contributed by atoms with Gasteiger partial charge in [0.05, 0.1) is 0 Å². The lowest BCUT2D eigenvalue weighted by atomic mass is 9.90. The lowest BCUT2D eigenvalue weighted by Gasteiger charge is -2.25. The van der Waals surface area contributed by atoms with Gasteiger partial charge in [0.15, 0.2) is 0 Å². The van der Waals surface area contributed by atoms with E-state index in [4.69, 9.17) is 0 Å². The maximum atomic E-state index is 10.4. The molecule has 1 aliphatic carbocycles. The quantitative estimate of drug-likeness (QED) is 0.706. The Labute approximate surface area is 84.7 Å². The molecule has 1 aliphatic rings. The van der Waals surface area contributed by atoms with Crippen molar-refractivity contribution in [2.75, 3.05) is 0 Å². The van der Waals surface area contributed by atoms with Crippen molar-refractivity contribution in [3.8, 4) is 0 Å². The Kier molecular flexibility index (Phi) is 2.33. The summed E-state index contributed by atoms with van der Waals surface area (Å²) in [4.78, 5) is 0. The van der Waals surface area contributed by atoms with Crippen molar-refractivity contribution in [1.29, 1.82) is 0 Å². The van der Waals surface area contributed by atoms with E-state index in [1.165, 1.54) is 11.1 Å². The van der Waals surface area contributed by atoms with Crippen molar-refractivity contribution in [1.82, 2.24) is 0 Å². The van der Waals surface area contributed by atoms with Crippen LogP contribution < -0.4 is 5.73 Å². The van der Waals surface area contributed by atoms with Crippen molar-refractivity contribution in [3.05, 3.63) is 35.4 Å². The zero-order chi connectivity index (χ0) is 10.2. The molecule has 76 valence electrons. The number of quaternary nitrogens is 1. The Morgan fingerprint density at radius 3 is 2.29 bits per heavy atom. The fraction of sp³-hybridized carbons (Fsp3) is 0.500. The summed E-state index contributed by atoms with van der Waals surface area (Å²) in [7, 11) is 0. The first-order valence-electron chi connectivity index (χ1n) is 5.28. The van der Waals surface area contributed by atoms with Gasteiger partial charge in [0.1, 0.15) is 11.6 Å². The van der Waals surface area contributed by atoms with Crippen LogP contribution in [0.1, 0.15) is 24.5 Å². The molecule has 0 saturated heterocycles. The van der Waals surface area contributed by atoms with E-state index in [0.29, 0.717) is 0 Å². The zero-order valence-corrected chi connectivity index (χ0v) is 8.66. The van der Waals surface area contributed by atoms with E-state index in [9.17, 15) is 5.11 Å². The van der Waals surface area contributed by atoms with Gasteiger partial charge in [0, 0.05) is 12.8 Å². The molecule has 1 aromatic carbocycles. The second kappa shape index (κ2) is 3.37. The molecule has 0 aromatic heterocycles. The van der Waals surface area contributed by atoms with Gasteiger partial charge in [-0.05, 0) is 17.5 Å². The first kappa shape index (κ1) is 9.69. The van der Waals surface area contributed by atoms with E-state index in [-0.39, 0.29) is 6.04 Å². The molecular weight excluding hydrogens is 174 g/mol. The number of fused-ring (bicyclic) bond motifs is 1. The van der Waals surface area contributed by atoms with Gasteiger partial charge in [-0.15, -0.1) is 0 Å². The highest BCUT2D eigenvalue weighted by molar-refractivity contribution is 5.35. The third-order valence-corrected chi connectivity index (χ3v) is 3.36. The van der Waals surface area contributed by atoms with Crippen LogP contribution in [0.5, 0.6) is 0 Å². The highest BCUT2D eigenvalue weighted by Crippen LogP contribution is 2.31. The molecule has 2 nitrogen and oxygen atoms in total. The van der Waals surface area contributed by atoms with Gasteiger partial charge >= 0.3 is 0 Å². The Morgan fingerprint density at radius 2 is 1.86 bits per heavy atom. The number of hydrogen-bond donors (Lipinski definition) is 2. The van der Waals surface area contributed by atoms with Crippen LogP contribution in [0.3, 0.4) is 0 Å². The van der Waals surface area contributed by atoms with Crippen LogP contribution in [-0.2, 0) is 12.8 Å². The Hall–Kier alpha value is -0.860. The Balaban J connectivity index is 2.25. The molecule has 4 N–H and O–H groups in total. The monoisotopic (exact) mass is 192 g/mol. The third-order valence-electron chi connectivity index (χ3n) is 3.36. The maximum Gasteiger partial charge on any atom is 0.124 e. The Bertz CT molecular complexity index is 310. The smallest absolute Gasteiger partial charge is 0.124 e. The molecule has 0 heterocycles. The van der Waals surface area contributed by atoms with Crippen molar-refractivity contribution in [2.45, 2.75) is 37.8 Å². The second-order valence-electron chi connectivity index (χ2n) is 4.33. The molecule has 14 heavy (non-hydrogen) atoms. The summed E-state index contributed by atoms with van der Waals surface area (Å²) < 4.78 is 0. The number of aliphatic hydroxyl groups is 1. The molecule has 2 heteroatoms. The van der Waals surface area contributed by atoms with Gasteiger partial charge in [-0.1, -0.05) is 31.2 Å². The molecule has 0 radical (unpaired) electrons. The molecule has 0 bridgehead atoms. The third kappa shape index (κ3) is 1.45. The lowest BCUT2D eigenvalue weighted by molar-refractivity contribution is -0.453. The summed E-state index contributed by atoms with van der Waals surface area (Å²) in [5.41, 5.74) is 6.02. The van der Waals surface area contributed by atoms with Gasteiger partial charge in [-0.2, -0.15) is 0 Å². The van der Waals surface area contributed by atoms with Crippen LogP contribution in [0.15, 0.2) is 24.3 Å². The fourth-order valence-corrected chi connectivity index (χ4v) is 2.29. The molecule has 1 atom stereocenters. The normalized spacial score (nSPS) is 20.5. The number of hydrogen-bond acceptors (Lipinski definition) is 1. The molecule has 0 fully saturated rings. The average molecular weight is 192 g/mol. The van der Waals surface area contributed by atoms with E-state index in [1.54, 1.807) is 0 Å². The zero-order valence-electron chi connectivity index (χ0n) is 8.66. The predicted octanol–water partition coefficient (Wildman–Crippen LogP) is 0.537. The highest BCUT2D eigenvalue weighted by Gasteiger charge is 2.41. The minimum atomic E-state index is -0.599. The lowest BCUT2D eigenvalue weighted by Crippen LogP contribution is -2.71. The average Bonchev–Trinajstić information content (AvgIpc) is 2.54. The van der Waals surface area contributed by atoms with Crippen molar-refractivity contribution >= 4 is 0 Å². The molecule has 0 unspecified atom stereocenters. The fourth-order valence-electron chi connectivity index (χ4n) is 2.29. The number of rotatable bonds is 2. The number of benzene rings is 1. The van der Waals surface area contributed by atoms with Gasteiger partial charge in [-0.25, -0.2) is 0 Å². The summed E-state index contributed by atoms with van der Waals surface area (Å²) in [6.07, 6.45) is 2.47. The first-order valence-corrected chi connectivity index (χ1v) is 5.28. The molecule has 0 spiro atoms. The minimum Gasteiger partial charge on any atom is -0.383 e. The van der Waals surface area contributed by atoms with Crippen LogP contribution >= 0.6 is 0 Å². The molecule has 0 amide bonds. The van der Waals surface area contributed by atoms with E-state index < -0.39 is 5.60 Å². The van der Waals surface area contributed by atoms with Gasteiger partial charge in [-0.3, -0.25) is 0 Å². The first-order chi connectivity index (χ1) is 6.65. The summed E-state index contributed by atoms with van der Waals surface area (Å²) in [6.45, 7) is 2.08. The standard InChI is InChI=1S/C12H17NO/c1-2-11(13)12(14)7-9-5-3-4-6-10(9)8-12/h3-6,11,14H,2,7-8,13H2,1H3/p+1/t11-/m1/s1. The van der Waals surface area contributed by atoms with Gasteiger partial charge in [0.25, 0.3) is 0 Å². The van der Waals surface area contributed by atoms with Crippen molar-refractivity contribution in [2.24, 2.45) is 0 Å². The highest BCUT2D eigenvalue weighted by atomic mass is 16.3. The van der Waals surface area contributed by atoms with E-state index >= 15 is 0 Å². The SMILES string of the molecule is CC[C@@H]([NH3+])C1(O)Cc2ccccc2C1. The largest absolute Gasteiger partial charge is 0.383 e. The van der Waals surface area contributed by atoms with E-state index in [2.05, 4.69) is 24.8 Å². The summed E-state index contributed by atoms with van der Waals surface area (Å²) in [5, 5.41) is 10.4. The Morgan fingerprint density at radius 1 is 1.36 bits per heavy atom. The van der Waals surface area contributed by atoms with Crippen LogP contribution in [0.4, 0.5) is 0 Å². The predicted molar refractivity (Wildman–Crippen MR) is 55.8 cm³/mol. The topological polar surface area (TPSA) is 47.9 Å². The van der Waals surface area contributed by atoms with Crippen molar-refractivity contribution < 1.29 is 10.8 Å². The van der Waals surface area contributed by atoms with Crippen molar-refractivity contribution in [3.63, 3.8) is 0 Å². The van der Waals surface area contributed by atoms with E-state index in [1.807, 2.05) is 12.1 Å². The summed E-state index contributed by atoms with van der Waals surface area (Å²) in [6, 6.07) is 8.42. The van der Waals surface area contributed by atoms with Gasteiger partial charge < -0.3 is 10.8 Å². The van der Waals surface area contributed by atoms with Crippen LogP contribution in [-0.4, -0.2) is 16.7 Å². The summed E-state index contributed by atoms with van der Waals surface area (Å²) >= 11 is 0. The van der Waals surface area contributed by atoms with Crippen LogP contribution in [0, 0.1) is 0 Å². The molecule has 2 rings (SSSR count). The van der Waals surface area contributed by atoms with E-state index in [0.717, 1.165) is 19.3 Å². The molecule has 1 aromatic rings. The minimum absolute atomic E-state index is 0.134. The molecule has 0 aliphatic heterocycles. The van der Waals surface area contributed by atoms with Crippen LogP contribution in [0.2, 0.25) is 0 Å².